The van der Waals surface area contributed by atoms with Gasteiger partial charge in [0.15, 0.2) is 0 Å². The third-order valence-corrected chi connectivity index (χ3v) is 3.56. The Bertz CT molecular complexity index is 724. The Morgan fingerprint density at radius 3 is 2.79 bits per heavy atom. The Morgan fingerprint density at radius 2 is 2.08 bits per heavy atom. The number of hydrogen-bond donors (Lipinski definition) is 0. The van der Waals surface area contributed by atoms with Crippen LogP contribution in [0.2, 0.25) is 0 Å². The van der Waals surface area contributed by atoms with Gasteiger partial charge in [-0.25, -0.2) is 9.97 Å². The predicted molar refractivity (Wildman–Crippen MR) is 76.2 cm³/mol. The van der Waals surface area contributed by atoms with Crippen LogP contribution < -0.4 is 4.74 Å². The highest BCUT2D eigenvalue weighted by atomic mass is 19.4. The van der Waals surface area contributed by atoms with Gasteiger partial charge in [-0.3, -0.25) is 9.78 Å². The molecule has 3 heterocycles. The molecule has 0 spiro atoms. The molecule has 1 aliphatic rings. The molecule has 1 fully saturated rings. The first-order valence-electron chi connectivity index (χ1n) is 7.18. The van der Waals surface area contributed by atoms with Crippen molar-refractivity contribution < 1.29 is 22.7 Å². The molecule has 2 aromatic heterocycles. The van der Waals surface area contributed by atoms with Crippen LogP contribution in [0.3, 0.4) is 0 Å². The number of pyridine rings is 1. The lowest BCUT2D eigenvalue weighted by molar-refractivity contribution is -0.137. The summed E-state index contributed by atoms with van der Waals surface area (Å²) < 4.78 is 43.6. The zero-order valence-corrected chi connectivity index (χ0v) is 12.4. The molecule has 2 aromatic rings. The molecule has 1 unspecified atom stereocenters. The number of likely N-dealkylation sites (tertiary alicyclic amines) is 1. The third-order valence-electron chi connectivity index (χ3n) is 3.56. The zero-order chi connectivity index (χ0) is 17.2. The number of halogens is 3. The molecule has 0 bridgehead atoms. The summed E-state index contributed by atoms with van der Waals surface area (Å²) >= 11 is 0. The smallest absolute Gasteiger partial charge is 0.416 e. The highest BCUT2D eigenvalue weighted by molar-refractivity contribution is 5.92. The van der Waals surface area contributed by atoms with Crippen molar-refractivity contribution in [1.82, 2.24) is 19.9 Å². The van der Waals surface area contributed by atoms with Crippen molar-refractivity contribution in [3.63, 3.8) is 0 Å². The van der Waals surface area contributed by atoms with Gasteiger partial charge < -0.3 is 9.64 Å². The predicted octanol–water partition coefficient (Wildman–Crippen LogP) is 2.18. The minimum absolute atomic E-state index is 0.108. The molecule has 1 saturated heterocycles. The van der Waals surface area contributed by atoms with Crippen LogP contribution in [0.1, 0.15) is 22.5 Å². The lowest BCUT2D eigenvalue weighted by atomic mass is 10.2. The molecule has 1 aliphatic heterocycles. The molecule has 6 nitrogen and oxygen atoms in total. The van der Waals surface area contributed by atoms with E-state index in [-0.39, 0.29) is 24.0 Å². The summed E-state index contributed by atoms with van der Waals surface area (Å²) in [4.78, 5) is 25.3. The van der Waals surface area contributed by atoms with E-state index in [1.165, 1.54) is 23.5 Å². The number of aromatic nitrogens is 3. The van der Waals surface area contributed by atoms with Gasteiger partial charge in [-0.2, -0.15) is 13.2 Å². The first-order valence-corrected chi connectivity index (χ1v) is 7.18. The van der Waals surface area contributed by atoms with Crippen molar-refractivity contribution in [3.8, 4) is 5.88 Å². The van der Waals surface area contributed by atoms with Crippen molar-refractivity contribution in [2.75, 3.05) is 13.1 Å². The number of amides is 1. The summed E-state index contributed by atoms with van der Waals surface area (Å²) in [5.74, 6) is -0.394. The average Bonchev–Trinajstić information content (AvgIpc) is 3.03. The molecule has 1 atom stereocenters. The second-order valence-electron chi connectivity index (χ2n) is 5.25. The van der Waals surface area contributed by atoms with E-state index in [1.807, 2.05) is 0 Å². The van der Waals surface area contributed by atoms with Crippen LogP contribution in [-0.2, 0) is 6.18 Å². The number of ether oxygens (including phenoxy) is 1. The summed E-state index contributed by atoms with van der Waals surface area (Å²) in [6.45, 7) is 0.687. The van der Waals surface area contributed by atoms with E-state index >= 15 is 0 Å². The van der Waals surface area contributed by atoms with Crippen molar-refractivity contribution in [2.24, 2.45) is 0 Å². The SMILES string of the molecule is O=C(c1cnccn1)N1CCC(Oc2cc(C(F)(F)F)ccn2)C1. The molecule has 0 aromatic carbocycles. The van der Waals surface area contributed by atoms with Crippen LogP contribution in [0.15, 0.2) is 36.9 Å². The van der Waals surface area contributed by atoms with Gasteiger partial charge in [0.2, 0.25) is 5.88 Å². The van der Waals surface area contributed by atoms with Crippen molar-refractivity contribution in [3.05, 3.63) is 48.2 Å². The van der Waals surface area contributed by atoms with E-state index < -0.39 is 17.8 Å². The lowest BCUT2D eigenvalue weighted by Crippen LogP contribution is -2.31. The molecule has 9 heteroatoms. The second-order valence-corrected chi connectivity index (χ2v) is 5.25. The van der Waals surface area contributed by atoms with Crippen LogP contribution in [-0.4, -0.2) is 45.0 Å². The molecule has 0 saturated carbocycles. The highest BCUT2D eigenvalue weighted by Gasteiger charge is 2.32. The molecule has 1 amide bonds. The van der Waals surface area contributed by atoms with Gasteiger partial charge in [-0.05, 0) is 6.07 Å². The van der Waals surface area contributed by atoms with Crippen LogP contribution in [0, 0.1) is 0 Å². The molecule has 3 rings (SSSR count). The monoisotopic (exact) mass is 338 g/mol. The van der Waals surface area contributed by atoms with Gasteiger partial charge in [-0.15, -0.1) is 0 Å². The first-order chi connectivity index (χ1) is 11.4. The number of carbonyl (C=O) groups is 1. The minimum Gasteiger partial charge on any atom is -0.472 e. The van der Waals surface area contributed by atoms with Crippen molar-refractivity contribution >= 4 is 5.91 Å². The number of carbonyl (C=O) groups excluding carboxylic acids is 1. The molecule has 24 heavy (non-hydrogen) atoms. The number of alkyl halides is 3. The molecular weight excluding hydrogens is 325 g/mol. The van der Waals surface area contributed by atoms with E-state index in [2.05, 4.69) is 15.0 Å². The van der Waals surface area contributed by atoms with E-state index in [0.29, 0.717) is 13.0 Å². The highest BCUT2D eigenvalue weighted by Crippen LogP contribution is 2.31. The summed E-state index contributed by atoms with van der Waals surface area (Å²) in [7, 11) is 0. The lowest BCUT2D eigenvalue weighted by Gasteiger charge is -2.16. The Labute approximate surface area is 135 Å². The van der Waals surface area contributed by atoms with Crippen LogP contribution >= 0.6 is 0 Å². The first kappa shape index (κ1) is 16.2. The Balaban J connectivity index is 1.64. The van der Waals surface area contributed by atoms with Crippen LogP contribution in [0.4, 0.5) is 13.2 Å². The number of nitrogens with zero attached hydrogens (tertiary/aromatic N) is 4. The summed E-state index contributed by atoms with van der Waals surface area (Å²) in [6.07, 6.45) is 0.937. The topological polar surface area (TPSA) is 68.2 Å². The van der Waals surface area contributed by atoms with E-state index in [9.17, 15) is 18.0 Å². The number of hydrogen-bond acceptors (Lipinski definition) is 5. The minimum atomic E-state index is -4.45. The largest absolute Gasteiger partial charge is 0.472 e. The van der Waals surface area contributed by atoms with E-state index in [1.54, 1.807) is 0 Å². The summed E-state index contributed by atoms with van der Waals surface area (Å²) in [5.41, 5.74) is -0.603. The second kappa shape index (κ2) is 6.42. The normalized spacial score (nSPS) is 17.8. The molecule has 0 aliphatic carbocycles. The number of rotatable bonds is 3. The average molecular weight is 338 g/mol. The van der Waals surface area contributed by atoms with Gasteiger partial charge >= 0.3 is 6.18 Å². The van der Waals surface area contributed by atoms with Gasteiger partial charge in [-0.1, -0.05) is 0 Å². The van der Waals surface area contributed by atoms with E-state index in [4.69, 9.17) is 4.74 Å². The maximum atomic E-state index is 12.7. The molecular formula is C15H13F3N4O2. The standard InChI is InChI=1S/C15H13F3N4O2/c16-15(17,18)10-1-3-21-13(7-10)24-11-2-6-22(9-11)14(23)12-8-19-4-5-20-12/h1,3-5,7-8,11H,2,6,9H2. The fourth-order valence-corrected chi connectivity index (χ4v) is 2.40. The van der Waals surface area contributed by atoms with Crippen LogP contribution in [0.25, 0.3) is 0 Å². The molecule has 0 N–H and O–H groups in total. The fourth-order valence-electron chi connectivity index (χ4n) is 2.40. The third kappa shape index (κ3) is 3.61. The molecule has 0 radical (unpaired) electrons. The molecule has 126 valence electrons. The van der Waals surface area contributed by atoms with Gasteiger partial charge in [0.1, 0.15) is 11.8 Å². The Kier molecular flexibility index (Phi) is 4.32. The van der Waals surface area contributed by atoms with Gasteiger partial charge in [0.05, 0.1) is 18.3 Å². The van der Waals surface area contributed by atoms with Gasteiger partial charge in [0, 0.05) is 37.6 Å². The summed E-state index contributed by atoms with van der Waals surface area (Å²) in [5, 5.41) is 0. The van der Waals surface area contributed by atoms with Crippen molar-refractivity contribution in [1.29, 1.82) is 0 Å². The van der Waals surface area contributed by atoms with Crippen molar-refractivity contribution in [2.45, 2.75) is 18.7 Å². The quantitative estimate of drug-likeness (QED) is 0.858. The Hall–Kier alpha value is -2.71. The zero-order valence-electron chi connectivity index (χ0n) is 12.4. The fraction of sp³-hybridized carbons (Fsp3) is 0.333. The van der Waals surface area contributed by atoms with Gasteiger partial charge in [0.25, 0.3) is 5.91 Å². The Morgan fingerprint density at radius 1 is 1.25 bits per heavy atom. The van der Waals surface area contributed by atoms with E-state index in [0.717, 1.165) is 18.3 Å². The maximum absolute atomic E-state index is 12.7. The summed E-state index contributed by atoms with van der Waals surface area (Å²) in [6, 6.07) is 1.73. The maximum Gasteiger partial charge on any atom is 0.416 e. The van der Waals surface area contributed by atoms with Crippen LogP contribution in [0.5, 0.6) is 5.88 Å².